The van der Waals surface area contributed by atoms with Crippen LogP contribution in [-0.4, -0.2) is 78.6 Å². The number of alkyl carbamates (subject to hydrolysis) is 1. The van der Waals surface area contributed by atoms with Gasteiger partial charge in [0.25, 0.3) is 0 Å². The first-order valence-electron chi connectivity index (χ1n) is 20.5. The smallest absolute Gasteiger partial charge is 0.408 e. The van der Waals surface area contributed by atoms with Gasteiger partial charge in [-0.25, -0.2) is 9.59 Å². The van der Waals surface area contributed by atoms with E-state index in [2.05, 4.69) is 26.3 Å². The van der Waals surface area contributed by atoms with Gasteiger partial charge >= 0.3 is 12.1 Å². The van der Waals surface area contributed by atoms with Crippen molar-refractivity contribution in [1.29, 1.82) is 0 Å². The van der Waals surface area contributed by atoms with Crippen LogP contribution < -0.4 is 38.5 Å². The second kappa shape index (κ2) is 25.6. The molecule has 0 unspecified atom stereocenters. The van der Waals surface area contributed by atoms with E-state index in [-0.39, 0.29) is 38.9 Å². The molecule has 1 aromatic heterocycles. The quantitative estimate of drug-likeness (QED) is 0.0338. The highest BCUT2D eigenvalue weighted by Crippen LogP contribution is 2.20. The molecule has 4 atom stereocenters. The van der Waals surface area contributed by atoms with E-state index in [1.807, 2.05) is 84.9 Å². The molecule has 4 amide bonds. The number of rotatable bonds is 26. The number of carbonyl (C=O) groups excluding carboxylic acids is 5. The minimum absolute atomic E-state index is 0.00753. The van der Waals surface area contributed by atoms with E-state index < -0.39 is 54.0 Å². The molecule has 0 aliphatic rings. The number of aromatic amines is 1. The summed E-state index contributed by atoms with van der Waals surface area (Å²) >= 11 is 0. The number of ether oxygens (including phenoxy) is 2. The molecule has 4 aromatic rings. The van der Waals surface area contributed by atoms with Gasteiger partial charge in [0.15, 0.2) is 0 Å². The first-order valence-corrected chi connectivity index (χ1v) is 20.5. The summed E-state index contributed by atoms with van der Waals surface area (Å²) in [5, 5.41) is 12.1. The number of aromatic nitrogens is 1. The van der Waals surface area contributed by atoms with Crippen LogP contribution >= 0.6 is 0 Å². The molecular weight excluding hydrogens is 753 g/mol. The second-order valence-electron chi connectivity index (χ2n) is 14.5. The maximum absolute atomic E-state index is 14.2. The van der Waals surface area contributed by atoms with Gasteiger partial charge in [0.2, 0.25) is 17.7 Å². The van der Waals surface area contributed by atoms with E-state index in [4.69, 9.17) is 26.7 Å². The maximum atomic E-state index is 14.2. The minimum atomic E-state index is -1.10. The number of amides is 4. The van der Waals surface area contributed by atoms with Crippen LogP contribution in [0.5, 0.6) is 0 Å². The fraction of sp³-hybridized carbons (Fsp3) is 0.432. The van der Waals surface area contributed by atoms with Gasteiger partial charge in [-0.2, -0.15) is 0 Å². The summed E-state index contributed by atoms with van der Waals surface area (Å²) in [6, 6.07) is 21.7. The lowest BCUT2D eigenvalue weighted by atomic mass is 10.0. The van der Waals surface area contributed by atoms with Crippen LogP contribution in [0.3, 0.4) is 0 Å². The Morgan fingerprint density at radius 2 is 0.966 bits per heavy atom. The van der Waals surface area contributed by atoms with Crippen molar-refractivity contribution in [2.75, 3.05) is 19.6 Å². The van der Waals surface area contributed by atoms with Crippen LogP contribution in [0.4, 0.5) is 4.79 Å². The third kappa shape index (κ3) is 15.8. The fourth-order valence-electron chi connectivity index (χ4n) is 6.55. The summed E-state index contributed by atoms with van der Waals surface area (Å²) < 4.78 is 11.1. The van der Waals surface area contributed by atoms with Crippen LogP contribution in [0.2, 0.25) is 0 Å². The number of para-hydroxylation sites is 1. The Bertz CT molecular complexity index is 1890. The van der Waals surface area contributed by atoms with Gasteiger partial charge in [0.1, 0.15) is 37.4 Å². The number of fused-ring (bicyclic) bond motifs is 1. The molecule has 0 aliphatic carbocycles. The number of carbonyl (C=O) groups is 5. The number of benzene rings is 3. The van der Waals surface area contributed by atoms with E-state index in [9.17, 15) is 24.0 Å². The minimum Gasteiger partial charge on any atom is -0.459 e. The Morgan fingerprint density at radius 1 is 0.525 bits per heavy atom. The van der Waals surface area contributed by atoms with Gasteiger partial charge in [-0.3, -0.25) is 14.4 Å². The fourth-order valence-corrected chi connectivity index (χ4v) is 6.55. The molecule has 0 saturated carbocycles. The van der Waals surface area contributed by atoms with E-state index in [0.717, 1.165) is 27.6 Å². The van der Waals surface area contributed by atoms with Crippen molar-refractivity contribution in [3.8, 4) is 0 Å². The van der Waals surface area contributed by atoms with Crippen molar-refractivity contribution < 1.29 is 33.4 Å². The van der Waals surface area contributed by atoms with E-state index in [1.54, 1.807) is 6.20 Å². The van der Waals surface area contributed by atoms with Gasteiger partial charge in [-0.1, -0.05) is 78.9 Å². The van der Waals surface area contributed by atoms with E-state index in [1.165, 1.54) is 0 Å². The largest absolute Gasteiger partial charge is 0.459 e. The van der Waals surface area contributed by atoms with Gasteiger partial charge in [-0.05, 0) is 100 Å². The van der Waals surface area contributed by atoms with Crippen molar-refractivity contribution in [2.45, 2.75) is 102 Å². The van der Waals surface area contributed by atoms with Gasteiger partial charge < -0.3 is 52.9 Å². The highest BCUT2D eigenvalue weighted by molar-refractivity contribution is 5.95. The number of nitrogens with two attached hydrogens (primary N) is 3. The van der Waals surface area contributed by atoms with Crippen molar-refractivity contribution >= 4 is 40.7 Å². The summed E-state index contributed by atoms with van der Waals surface area (Å²) in [4.78, 5) is 71.8. The third-order valence-corrected chi connectivity index (χ3v) is 9.85. The molecule has 59 heavy (non-hydrogen) atoms. The Hall–Kier alpha value is -5.77. The zero-order valence-electron chi connectivity index (χ0n) is 33.7. The molecule has 3 aromatic carbocycles. The maximum Gasteiger partial charge on any atom is 0.408 e. The molecule has 11 N–H and O–H groups in total. The van der Waals surface area contributed by atoms with Crippen LogP contribution in [0.1, 0.15) is 74.5 Å². The predicted molar refractivity (Wildman–Crippen MR) is 226 cm³/mol. The molecule has 1 heterocycles. The summed E-state index contributed by atoms with van der Waals surface area (Å²) in [5.74, 6) is -2.42. The Labute approximate surface area is 345 Å². The Balaban J connectivity index is 1.51. The molecule has 0 fully saturated rings. The standard InChI is InChI=1S/C44H60N8O7/c45-24-12-9-21-36(50-42(55)38(23-11-14-26-47)52-44(57)59-30-32-17-5-2-6-18-32)40(53)49-37(22-10-13-25-46)41(54)51-39(43(56)58-29-31-15-3-1-4-16-31)27-33-28-48-35-20-8-7-19-34(33)35/h1-8,15-20,28,36-39,48H,9-14,21-27,29-30,45-47H2,(H,49,53)(H,50,55)(H,51,54)(H,52,57)/t36-,37+,38-,39+/m1/s1. The van der Waals surface area contributed by atoms with E-state index >= 15 is 0 Å². The van der Waals surface area contributed by atoms with Crippen molar-refractivity contribution in [3.05, 3.63) is 108 Å². The summed E-state index contributed by atoms with van der Waals surface area (Å²) in [6.07, 6.45) is 5.15. The Morgan fingerprint density at radius 3 is 1.47 bits per heavy atom. The average molecular weight is 813 g/mol. The van der Waals surface area contributed by atoms with E-state index in [0.29, 0.717) is 58.2 Å². The number of esters is 1. The molecule has 0 spiro atoms. The molecular formula is C44H60N8O7. The van der Waals surface area contributed by atoms with Crippen LogP contribution in [0.15, 0.2) is 91.1 Å². The highest BCUT2D eigenvalue weighted by atomic mass is 16.5. The number of hydrogen-bond donors (Lipinski definition) is 8. The van der Waals surface area contributed by atoms with Crippen molar-refractivity contribution in [3.63, 3.8) is 0 Å². The molecule has 0 saturated heterocycles. The van der Waals surface area contributed by atoms with Crippen molar-refractivity contribution in [2.24, 2.45) is 17.2 Å². The lowest BCUT2D eigenvalue weighted by molar-refractivity contribution is -0.149. The lowest BCUT2D eigenvalue weighted by Gasteiger charge is -2.26. The summed E-state index contributed by atoms with van der Waals surface area (Å²) in [6.45, 7) is 1.17. The molecule has 0 bridgehead atoms. The number of unbranched alkanes of at least 4 members (excludes halogenated alkanes) is 3. The molecule has 0 radical (unpaired) electrons. The van der Waals surface area contributed by atoms with Crippen LogP contribution in [0.25, 0.3) is 10.9 Å². The normalized spacial score (nSPS) is 13.1. The zero-order valence-corrected chi connectivity index (χ0v) is 33.7. The summed E-state index contributed by atoms with van der Waals surface area (Å²) in [7, 11) is 0. The first-order chi connectivity index (χ1) is 28.7. The molecule has 15 heteroatoms. The predicted octanol–water partition coefficient (Wildman–Crippen LogP) is 3.59. The Kier molecular flexibility index (Phi) is 19.9. The molecule has 15 nitrogen and oxygen atoms in total. The second-order valence-corrected chi connectivity index (χ2v) is 14.5. The SMILES string of the molecule is NCCCC[C@H](NC(=O)[C@@H](CCCCN)NC(=O)[C@@H](CCCCN)NC(=O)OCc1ccccc1)C(=O)N[C@@H](Cc1c[nH]c2ccccc12)C(=O)OCc1ccccc1. The zero-order chi connectivity index (χ0) is 42.2. The molecule has 0 aliphatic heterocycles. The van der Waals surface area contributed by atoms with Crippen LogP contribution in [-0.2, 0) is 48.3 Å². The monoisotopic (exact) mass is 812 g/mol. The summed E-state index contributed by atoms with van der Waals surface area (Å²) in [5.41, 5.74) is 20.5. The third-order valence-electron chi connectivity index (χ3n) is 9.85. The van der Waals surface area contributed by atoms with Crippen molar-refractivity contribution in [1.82, 2.24) is 26.3 Å². The first kappa shape index (κ1) is 45.9. The number of hydrogen-bond acceptors (Lipinski definition) is 10. The van der Waals surface area contributed by atoms with Gasteiger partial charge in [0, 0.05) is 23.5 Å². The van der Waals surface area contributed by atoms with Gasteiger partial charge in [0.05, 0.1) is 0 Å². The number of H-pyrrole nitrogens is 1. The topological polar surface area (TPSA) is 246 Å². The molecule has 4 rings (SSSR count). The van der Waals surface area contributed by atoms with Gasteiger partial charge in [-0.15, -0.1) is 0 Å². The number of nitrogens with one attached hydrogen (secondary N) is 5. The highest BCUT2D eigenvalue weighted by Gasteiger charge is 2.32. The molecule has 318 valence electrons. The van der Waals surface area contributed by atoms with Crippen LogP contribution in [0, 0.1) is 0 Å². The lowest BCUT2D eigenvalue weighted by Crippen LogP contribution is -2.58. The average Bonchev–Trinajstić information content (AvgIpc) is 3.66.